The molecule has 1 aliphatic heterocycles. The minimum Gasteiger partial charge on any atom is -0.383 e. The Morgan fingerprint density at radius 2 is 1.87 bits per heavy atom. The summed E-state index contributed by atoms with van der Waals surface area (Å²) in [5, 5.41) is 5.79. The Hall–Kier alpha value is -1.92. The molecule has 0 atom stereocenters. The molecule has 126 valence electrons. The van der Waals surface area contributed by atoms with Crippen molar-refractivity contribution in [1.29, 1.82) is 0 Å². The predicted molar refractivity (Wildman–Crippen MR) is 87.7 cm³/mol. The zero-order valence-electron chi connectivity index (χ0n) is 13.6. The fraction of sp³-hybridized carbons (Fsp3) is 0.529. The van der Waals surface area contributed by atoms with Gasteiger partial charge in [-0.3, -0.25) is 9.59 Å². The number of rotatable bonds is 9. The van der Waals surface area contributed by atoms with Gasteiger partial charge in [-0.25, -0.2) is 0 Å². The number of methoxy groups -OCH3 is 1. The summed E-state index contributed by atoms with van der Waals surface area (Å²) in [7, 11) is 1.62. The van der Waals surface area contributed by atoms with E-state index in [0.29, 0.717) is 45.6 Å². The van der Waals surface area contributed by atoms with E-state index in [1.165, 1.54) is 11.1 Å². The van der Waals surface area contributed by atoms with Crippen molar-refractivity contribution < 1.29 is 14.3 Å². The first-order chi connectivity index (χ1) is 11.2. The molecule has 6 nitrogen and oxygen atoms in total. The van der Waals surface area contributed by atoms with Crippen LogP contribution in [0.1, 0.15) is 24.0 Å². The molecule has 1 heterocycles. The summed E-state index contributed by atoms with van der Waals surface area (Å²) in [5.41, 5.74) is 2.47. The number of nitrogens with zero attached hydrogens (tertiary/aromatic N) is 1. The second kappa shape index (κ2) is 9.27. The van der Waals surface area contributed by atoms with Gasteiger partial charge in [-0.15, -0.1) is 0 Å². The Morgan fingerprint density at radius 3 is 2.52 bits per heavy atom. The van der Waals surface area contributed by atoms with Crippen LogP contribution in [0.5, 0.6) is 0 Å². The van der Waals surface area contributed by atoms with Crippen molar-refractivity contribution in [3.8, 4) is 0 Å². The maximum absolute atomic E-state index is 12.2. The zero-order valence-corrected chi connectivity index (χ0v) is 13.6. The number of amides is 2. The number of carbonyl (C=O) groups excluding carboxylic acids is 2. The minimum atomic E-state index is -0.0536. The lowest BCUT2D eigenvalue weighted by Crippen LogP contribution is -2.36. The molecular weight excluding hydrogens is 294 g/mol. The third-order valence-electron chi connectivity index (χ3n) is 3.85. The van der Waals surface area contributed by atoms with Crippen molar-refractivity contribution in [2.45, 2.75) is 25.9 Å². The van der Waals surface area contributed by atoms with Crippen LogP contribution in [0.2, 0.25) is 0 Å². The molecule has 0 radical (unpaired) electrons. The van der Waals surface area contributed by atoms with E-state index in [4.69, 9.17) is 4.74 Å². The molecule has 23 heavy (non-hydrogen) atoms. The largest absolute Gasteiger partial charge is 0.383 e. The summed E-state index contributed by atoms with van der Waals surface area (Å²) in [6, 6.07) is 8.14. The third kappa shape index (κ3) is 5.65. The normalized spacial score (nSPS) is 13.0. The van der Waals surface area contributed by atoms with Crippen molar-refractivity contribution in [3.05, 3.63) is 35.4 Å². The molecule has 0 bridgehead atoms. The van der Waals surface area contributed by atoms with Crippen LogP contribution < -0.4 is 10.6 Å². The lowest BCUT2D eigenvalue weighted by atomic mass is 10.1. The Balaban J connectivity index is 1.57. The molecule has 0 unspecified atom stereocenters. The smallest absolute Gasteiger partial charge is 0.233 e. The van der Waals surface area contributed by atoms with E-state index < -0.39 is 0 Å². The molecule has 2 N–H and O–H groups in total. The van der Waals surface area contributed by atoms with Gasteiger partial charge in [-0.05, 0) is 17.5 Å². The maximum atomic E-state index is 12.2. The van der Waals surface area contributed by atoms with Crippen LogP contribution in [0.25, 0.3) is 0 Å². The third-order valence-corrected chi connectivity index (χ3v) is 3.85. The molecule has 1 aromatic carbocycles. The molecule has 0 spiro atoms. The molecule has 2 amide bonds. The van der Waals surface area contributed by atoms with Gasteiger partial charge in [0.25, 0.3) is 0 Å². The van der Waals surface area contributed by atoms with Gasteiger partial charge in [0.05, 0.1) is 13.2 Å². The topological polar surface area (TPSA) is 70.7 Å². The molecule has 0 saturated heterocycles. The average Bonchev–Trinajstić information content (AvgIpc) is 2.99. The van der Waals surface area contributed by atoms with Gasteiger partial charge in [0.15, 0.2) is 0 Å². The molecule has 0 aromatic heterocycles. The fourth-order valence-corrected chi connectivity index (χ4v) is 2.57. The van der Waals surface area contributed by atoms with Crippen LogP contribution in [0.15, 0.2) is 24.3 Å². The van der Waals surface area contributed by atoms with Gasteiger partial charge >= 0.3 is 0 Å². The standard InChI is InChI=1S/C17H25N3O3/c1-23-10-9-18-11-16(21)19-8-4-7-17(22)20-12-14-5-2-3-6-15(14)13-20/h2-3,5-6,18H,4,7-13H2,1H3,(H,19,21). The number of ether oxygens (including phenoxy) is 1. The second-order valence-corrected chi connectivity index (χ2v) is 5.64. The van der Waals surface area contributed by atoms with Gasteiger partial charge in [-0.1, -0.05) is 24.3 Å². The molecule has 0 fully saturated rings. The van der Waals surface area contributed by atoms with Gasteiger partial charge < -0.3 is 20.3 Å². The van der Waals surface area contributed by atoms with E-state index in [1.54, 1.807) is 7.11 Å². The van der Waals surface area contributed by atoms with Crippen molar-refractivity contribution >= 4 is 11.8 Å². The van der Waals surface area contributed by atoms with Gasteiger partial charge in [0, 0.05) is 39.7 Å². The Labute approximate surface area is 137 Å². The van der Waals surface area contributed by atoms with Crippen LogP contribution in [-0.2, 0) is 27.4 Å². The van der Waals surface area contributed by atoms with E-state index in [-0.39, 0.29) is 18.4 Å². The quantitative estimate of drug-likeness (QED) is 0.656. The van der Waals surface area contributed by atoms with Gasteiger partial charge in [0.1, 0.15) is 0 Å². The Bertz CT molecular complexity index is 509. The van der Waals surface area contributed by atoms with E-state index in [1.807, 2.05) is 17.0 Å². The monoisotopic (exact) mass is 319 g/mol. The highest BCUT2D eigenvalue weighted by atomic mass is 16.5. The molecule has 0 aliphatic carbocycles. The number of hydrogen-bond acceptors (Lipinski definition) is 4. The highest BCUT2D eigenvalue weighted by Gasteiger charge is 2.22. The van der Waals surface area contributed by atoms with Crippen molar-refractivity contribution in [3.63, 3.8) is 0 Å². The lowest BCUT2D eigenvalue weighted by molar-refractivity contribution is -0.132. The van der Waals surface area contributed by atoms with Gasteiger partial charge in [0.2, 0.25) is 11.8 Å². The molecule has 1 aromatic rings. The van der Waals surface area contributed by atoms with Crippen LogP contribution >= 0.6 is 0 Å². The van der Waals surface area contributed by atoms with Crippen molar-refractivity contribution in [2.24, 2.45) is 0 Å². The first-order valence-electron chi connectivity index (χ1n) is 8.01. The summed E-state index contributed by atoms with van der Waals surface area (Å²) in [4.78, 5) is 25.6. The molecule has 0 saturated carbocycles. The first-order valence-corrected chi connectivity index (χ1v) is 8.01. The summed E-state index contributed by atoms with van der Waals surface area (Å²) >= 11 is 0. The Kier molecular flexibility index (Phi) is 7.03. The molecule has 1 aliphatic rings. The summed E-state index contributed by atoms with van der Waals surface area (Å²) in [6.07, 6.45) is 1.13. The van der Waals surface area contributed by atoms with Crippen LogP contribution in [0.4, 0.5) is 0 Å². The number of carbonyl (C=O) groups is 2. The highest BCUT2D eigenvalue weighted by molar-refractivity contribution is 5.78. The van der Waals surface area contributed by atoms with Crippen LogP contribution in [0.3, 0.4) is 0 Å². The second-order valence-electron chi connectivity index (χ2n) is 5.64. The number of nitrogens with one attached hydrogen (secondary N) is 2. The first kappa shape index (κ1) is 17.4. The molecule has 6 heteroatoms. The van der Waals surface area contributed by atoms with Crippen LogP contribution in [-0.4, -0.2) is 50.1 Å². The summed E-state index contributed by atoms with van der Waals surface area (Å²) in [5.74, 6) is 0.0933. The van der Waals surface area contributed by atoms with Crippen molar-refractivity contribution in [2.75, 3.05) is 33.4 Å². The lowest BCUT2D eigenvalue weighted by Gasteiger charge is -2.15. The van der Waals surface area contributed by atoms with Crippen LogP contribution in [0, 0.1) is 0 Å². The van der Waals surface area contributed by atoms with E-state index in [0.717, 1.165) is 0 Å². The highest BCUT2D eigenvalue weighted by Crippen LogP contribution is 2.22. The number of hydrogen-bond donors (Lipinski definition) is 2. The average molecular weight is 319 g/mol. The maximum Gasteiger partial charge on any atom is 0.233 e. The van der Waals surface area contributed by atoms with Crippen molar-refractivity contribution in [1.82, 2.24) is 15.5 Å². The SMILES string of the molecule is COCCNCC(=O)NCCCC(=O)N1Cc2ccccc2C1. The summed E-state index contributed by atoms with van der Waals surface area (Å²) < 4.78 is 4.88. The predicted octanol–water partition coefficient (Wildman–Crippen LogP) is 0.661. The molecular formula is C17H25N3O3. The van der Waals surface area contributed by atoms with E-state index in [2.05, 4.69) is 22.8 Å². The number of benzene rings is 1. The summed E-state index contributed by atoms with van der Waals surface area (Å²) in [6.45, 7) is 3.43. The zero-order chi connectivity index (χ0) is 16.5. The number of fused-ring (bicyclic) bond motifs is 1. The van der Waals surface area contributed by atoms with Gasteiger partial charge in [-0.2, -0.15) is 0 Å². The Morgan fingerprint density at radius 1 is 1.17 bits per heavy atom. The van der Waals surface area contributed by atoms with E-state index in [9.17, 15) is 9.59 Å². The minimum absolute atomic E-state index is 0.0536. The fourth-order valence-electron chi connectivity index (χ4n) is 2.57. The van der Waals surface area contributed by atoms with E-state index >= 15 is 0 Å². The molecule has 2 rings (SSSR count).